The second kappa shape index (κ2) is 6.12. The smallest absolute Gasteiger partial charge is 0.148 e. The Morgan fingerprint density at radius 2 is 1.82 bits per heavy atom. The molecule has 1 atom stereocenters. The highest BCUT2D eigenvalue weighted by Crippen LogP contribution is 2.34. The molecule has 0 aromatic heterocycles. The van der Waals surface area contributed by atoms with Crippen LogP contribution in [0.1, 0.15) is 39.2 Å². The van der Waals surface area contributed by atoms with Gasteiger partial charge in [0.05, 0.1) is 0 Å². The molecule has 0 aliphatic carbocycles. The minimum atomic E-state index is -1.02. The maximum atomic E-state index is 13.9. The first-order valence-corrected chi connectivity index (χ1v) is 6.27. The zero-order valence-corrected chi connectivity index (χ0v) is 10.9. The van der Waals surface area contributed by atoms with Crippen molar-refractivity contribution in [3.8, 4) is 0 Å². The van der Waals surface area contributed by atoms with Gasteiger partial charge in [0.15, 0.2) is 0 Å². The SMILES string of the molecule is CCOC(N)(c1ccccc1F)C(CC)CC. The summed E-state index contributed by atoms with van der Waals surface area (Å²) >= 11 is 0. The standard InChI is InChI=1S/C14H22FNO/c1-4-11(5-2)14(16,17-6-3)12-9-7-8-10-13(12)15/h7-11H,4-6,16H2,1-3H3. The highest BCUT2D eigenvalue weighted by molar-refractivity contribution is 5.24. The van der Waals surface area contributed by atoms with Crippen molar-refractivity contribution >= 4 is 0 Å². The van der Waals surface area contributed by atoms with Gasteiger partial charge in [0, 0.05) is 18.1 Å². The van der Waals surface area contributed by atoms with Gasteiger partial charge >= 0.3 is 0 Å². The van der Waals surface area contributed by atoms with Crippen LogP contribution in [0.5, 0.6) is 0 Å². The van der Waals surface area contributed by atoms with Gasteiger partial charge in [-0.2, -0.15) is 0 Å². The first-order valence-electron chi connectivity index (χ1n) is 6.27. The Hall–Kier alpha value is -0.930. The molecule has 1 unspecified atom stereocenters. The van der Waals surface area contributed by atoms with E-state index in [9.17, 15) is 4.39 Å². The number of ether oxygens (including phenoxy) is 1. The lowest BCUT2D eigenvalue weighted by molar-refractivity contribution is -0.0893. The zero-order chi connectivity index (χ0) is 12.9. The van der Waals surface area contributed by atoms with E-state index in [0.29, 0.717) is 12.2 Å². The van der Waals surface area contributed by atoms with E-state index >= 15 is 0 Å². The Morgan fingerprint density at radius 3 is 2.29 bits per heavy atom. The lowest BCUT2D eigenvalue weighted by Gasteiger charge is -2.37. The van der Waals surface area contributed by atoms with E-state index in [-0.39, 0.29) is 11.7 Å². The molecule has 0 radical (unpaired) electrons. The second-order valence-corrected chi connectivity index (χ2v) is 4.22. The predicted molar refractivity (Wildman–Crippen MR) is 68.0 cm³/mol. The lowest BCUT2D eigenvalue weighted by Crippen LogP contribution is -2.47. The molecule has 0 bridgehead atoms. The molecule has 3 heteroatoms. The molecule has 96 valence electrons. The van der Waals surface area contributed by atoms with Gasteiger partial charge in [-0.25, -0.2) is 4.39 Å². The van der Waals surface area contributed by atoms with Gasteiger partial charge in [-0.15, -0.1) is 0 Å². The molecule has 0 spiro atoms. The van der Waals surface area contributed by atoms with Gasteiger partial charge in [0.2, 0.25) is 0 Å². The molecule has 1 aromatic rings. The zero-order valence-electron chi connectivity index (χ0n) is 10.9. The summed E-state index contributed by atoms with van der Waals surface area (Å²) < 4.78 is 19.6. The first-order chi connectivity index (χ1) is 8.10. The number of rotatable bonds is 6. The van der Waals surface area contributed by atoms with E-state index in [1.807, 2.05) is 6.92 Å². The Labute approximate surface area is 103 Å². The fourth-order valence-corrected chi connectivity index (χ4v) is 2.33. The Bertz CT molecular complexity index is 352. The topological polar surface area (TPSA) is 35.2 Å². The van der Waals surface area contributed by atoms with E-state index in [0.717, 1.165) is 12.8 Å². The highest BCUT2D eigenvalue weighted by atomic mass is 19.1. The van der Waals surface area contributed by atoms with Gasteiger partial charge in [-0.05, 0) is 25.8 Å². The molecular formula is C14H22FNO. The largest absolute Gasteiger partial charge is 0.356 e. The normalized spacial score (nSPS) is 14.9. The van der Waals surface area contributed by atoms with Gasteiger partial charge in [0.1, 0.15) is 11.5 Å². The van der Waals surface area contributed by atoms with Crippen molar-refractivity contribution in [1.82, 2.24) is 0 Å². The first kappa shape index (κ1) is 14.1. The van der Waals surface area contributed by atoms with Crippen LogP contribution in [-0.4, -0.2) is 6.61 Å². The van der Waals surface area contributed by atoms with E-state index < -0.39 is 5.72 Å². The molecule has 2 N–H and O–H groups in total. The van der Waals surface area contributed by atoms with Gasteiger partial charge in [-0.1, -0.05) is 32.0 Å². The molecule has 0 aliphatic rings. The molecule has 0 amide bonds. The van der Waals surface area contributed by atoms with E-state index in [4.69, 9.17) is 10.5 Å². The average Bonchev–Trinajstić information content (AvgIpc) is 2.31. The van der Waals surface area contributed by atoms with Crippen molar-refractivity contribution in [3.63, 3.8) is 0 Å². The van der Waals surface area contributed by atoms with Crippen molar-refractivity contribution in [2.75, 3.05) is 6.61 Å². The summed E-state index contributed by atoms with van der Waals surface area (Å²) in [5.74, 6) is -0.185. The third-order valence-electron chi connectivity index (χ3n) is 3.27. The van der Waals surface area contributed by atoms with Crippen LogP contribution in [0.4, 0.5) is 4.39 Å². The Morgan fingerprint density at radius 1 is 1.24 bits per heavy atom. The minimum absolute atomic E-state index is 0.111. The quantitative estimate of drug-likeness (QED) is 0.772. The maximum Gasteiger partial charge on any atom is 0.148 e. The summed E-state index contributed by atoms with van der Waals surface area (Å²) in [5, 5.41) is 0. The summed E-state index contributed by atoms with van der Waals surface area (Å²) in [6.45, 7) is 6.46. The predicted octanol–water partition coefficient (Wildman–Crippen LogP) is 3.41. The average molecular weight is 239 g/mol. The Balaban J connectivity index is 3.19. The molecule has 0 heterocycles. The van der Waals surface area contributed by atoms with Crippen LogP contribution in [0.15, 0.2) is 24.3 Å². The number of nitrogens with two attached hydrogens (primary N) is 1. The van der Waals surface area contributed by atoms with Gasteiger partial charge < -0.3 is 4.74 Å². The Kier molecular flexibility index (Phi) is 5.09. The number of halogens is 1. The van der Waals surface area contributed by atoms with Gasteiger partial charge in [0.25, 0.3) is 0 Å². The van der Waals surface area contributed by atoms with Gasteiger partial charge in [-0.3, -0.25) is 5.73 Å². The molecule has 0 saturated heterocycles. The van der Waals surface area contributed by atoms with Crippen molar-refractivity contribution < 1.29 is 9.13 Å². The lowest BCUT2D eigenvalue weighted by atomic mass is 9.85. The number of hydrogen-bond donors (Lipinski definition) is 1. The third-order valence-corrected chi connectivity index (χ3v) is 3.27. The second-order valence-electron chi connectivity index (χ2n) is 4.22. The highest BCUT2D eigenvalue weighted by Gasteiger charge is 2.37. The molecule has 0 saturated carbocycles. The molecule has 1 rings (SSSR count). The summed E-state index contributed by atoms with van der Waals surface area (Å²) in [5.41, 5.74) is 5.76. The van der Waals surface area contributed by atoms with Crippen LogP contribution in [0, 0.1) is 11.7 Å². The maximum absolute atomic E-state index is 13.9. The van der Waals surface area contributed by atoms with Crippen molar-refractivity contribution in [2.45, 2.75) is 39.3 Å². The van der Waals surface area contributed by atoms with Crippen LogP contribution >= 0.6 is 0 Å². The fraction of sp³-hybridized carbons (Fsp3) is 0.571. The number of hydrogen-bond acceptors (Lipinski definition) is 2. The van der Waals surface area contributed by atoms with Crippen molar-refractivity contribution in [2.24, 2.45) is 11.7 Å². The monoisotopic (exact) mass is 239 g/mol. The van der Waals surface area contributed by atoms with Crippen LogP contribution in [-0.2, 0) is 10.5 Å². The molecule has 1 aromatic carbocycles. The summed E-state index contributed by atoms with van der Waals surface area (Å²) in [7, 11) is 0. The summed E-state index contributed by atoms with van der Waals surface area (Å²) in [4.78, 5) is 0. The van der Waals surface area contributed by atoms with Crippen LogP contribution in [0.25, 0.3) is 0 Å². The van der Waals surface area contributed by atoms with Crippen LogP contribution in [0.2, 0.25) is 0 Å². The summed E-state index contributed by atoms with van der Waals surface area (Å²) in [6.07, 6.45) is 1.72. The van der Waals surface area contributed by atoms with Crippen LogP contribution < -0.4 is 5.73 Å². The molecule has 2 nitrogen and oxygen atoms in total. The van der Waals surface area contributed by atoms with E-state index in [1.54, 1.807) is 18.2 Å². The summed E-state index contributed by atoms with van der Waals surface area (Å²) in [6, 6.07) is 6.60. The fourth-order valence-electron chi connectivity index (χ4n) is 2.33. The molecule has 0 aliphatic heterocycles. The van der Waals surface area contributed by atoms with E-state index in [1.165, 1.54) is 6.07 Å². The third kappa shape index (κ3) is 2.85. The van der Waals surface area contributed by atoms with Crippen molar-refractivity contribution in [3.05, 3.63) is 35.6 Å². The van der Waals surface area contributed by atoms with Crippen LogP contribution in [0.3, 0.4) is 0 Å². The molecule has 17 heavy (non-hydrogen) atoms. The van der Waals surface area contributed by atoms with Crippen molar-refractivity contribution in [1.29, 1.82) is 0 Å². The molecular weight excluding hydrogens is 217 g/mol. The van der Waals surface area contributed by atoms with E-state index in [2.05, 4.69) is 13.8 Å². The number of benzene rings is 1. The minimum Gasteiger partial charge on any atom is -0.356 e. The molecule has 0 fully saturated rings.